The number of nitrogens with zero attached hydrogens (tertiary/aromatic N) is 3. The van der Waals surface area contributed by atoms with Crippen LogP contribution in [-0.2, 0) is 10.0 Å². The van der Waals surface area contributed by atoms with Gasteiger partial charge in [0.1, 0.15) is 0 Å². The maximum Gasteiger partial charge on any atom is 0.257 e. The first-order valence-electron chi connectivity index (χ1n) is 9.52. The first-order valence-corrected chi connectivity index (χ1v) is 11.3. The molecule has 0 radical (unpaired) electrons. The molecule has 0 aliphatic carbocycles. The van der Waals surface area contributed by atoms with Gasteiger partial charge < -0.3 is 4.52 Å². The molecule has 0 spiro atoms. The SMILES string of the molecule is Cc1ccc(-c2nc(C3CCN(S(=O)(=O)c4cccc(Cl)c4C)CC3)no2)cc1. The van der Waals surface area contributed by atoms with Gasteiger partial charge in [-0.2, -0.15) is 9.29 Å². The predicted molar refractivity (Wildman–Crippen MR) is 111 cm³/mol. The van der Waals surface area contributed by atoms with Gasteiger partial charge in [0, 0.05) is 29.6 Å². The van der Waals surface area contributed by atoms with Crippen LogP contribution in [0.3, 0.4) is 0 Å². The van der Waals surface area contributed by atoms with Crippen molar-refractivity contribution in [2.75, 3.05) is 13.1 Å². The predicted octanol–water partition coefficient (Wildman–Crippen LogP) is 4.58. The lowest BCUT2D eigenvalue weighted by molar-refractivity contribution is 0.307. The molecule has 1 aliphatic rings. The minimum Gasteiger partial charge on any atom is -0.334 e. The highest BCUT2D eigenvalue weighted by Crippen LogP contribution is 2.32. The molecule has 1 saturated heterocycles. The summed E-state index contributed by atoms with van der Waals surface area (Å²) in [7, 11) is -3.58. The summed E-state index contributed by atoms with van der Waals surface area (Å²) in [5.41, 5.74) is 2.63. The number of benzene rings is 2. The Morgan fingerprint density at radius 2 is 1.76 bits per heavy atom. The Balaban J connectivity index is 1.47. The van der Waals surface area contributed by atoms with Crippen molar-refractivity contribution in [1.29, 1.82) is 0 Å². The summed E-state index contributed by atoms with van der Waals surface area (Å²) in [6.07, 6.45) is 1.29. The van der Waals surface area contributed by atoms with Gasteiger partial charge in [0.2, 0.25) is 10.0 Å². The fraction of sp³-hybridized carbons (Fsp3) is 0.333. The Hall–Kier alpha value is -2.22. The zero-order chi connectivity index (χ0) is 20.6. The average Bonchev–Trinajstić information content (AvgIpc) is 3.21. The van der Waals surface area contributed by atoms with Gasteiger partial charge in [-0.1, -0.05) is 40.5 Å². The molecule has 1 aliphatic heterocycles. The lowest BCUT2D eigenvalue weighted by Crippen LogP contribution is -2.38. The summed E-state index contributed by atoms with van der Waals surface area (Å²) >= 11 is 6.11. The van der Waals surface area contributed by atoms with Gasteiger partial charge in [-0.15, -0.1) is 0 Å². The van der Waals surface area contributed by atoms with Crippen molar-refractivity contribution in [3.63, 3.8) is 0 Å². The lowest BCUT2D eigenvalue weighted by atomic mass is 9.97. The molecule has 0 amide bonds. The van der Waals surface area contributed by atoms with Crippen molar-refractivity contribution in [2.24, 2.45) is 0 Å². The number of aromatic nitrogens is 2. The maximum absolute atomic E-state index is 13.0. The van der Waals surface area contributed by atoms with E-state index < -0.39 is 10.0 Å². The van der Waals surface area contributed by atoms with E-state index in [9.17, 15) is 8.42 Å². The summed E-state index contributed by atoms with van der Waals surface area (Å²) in [5.74, 6) is 1.20. The van der Waals surface area contributed by atoms with Gasteiger partial charge in [0.15, 0.2) is 5.82 Å². The van der Waals surface area contributed by atoms with E-state index in [0.717, 1.165) is 11.1 Å². The highest BCUT2D eigenvalue weighted by molar-refractivity contribution is 7.89. The highest BCUT2D eigenvalue weighted by atomic mass is 35.5. The summed E-state index contributed by atoms with van der Waals surface area (Å²) in [6.45, 7) is 4.57. The number of halogens is 1. The number of aryl methyl sites for hydroxylation is 1. The number of piperidine rings is 1. The van der Waals surface area contributed by atoms with Crippen molar-refractivity contribution < 1.29 is 12.9 Å². The fourth-order valence-corrected chi connectivity index (χ4v) is 5.52. The second-order valence-electron chi connectivity index (χ2n) is 7.37. The van der Waals surface area contributed by atoms with Crippen LogP contribution in [0.4, 0.5) is 0 Å². The number of sulfonamides is 1. The van der Waals surface area contributed by atoms with Gasteiger partial charge in [0.05, 0.1) is 4.90 Å². The minimum atomic E-state index is -3.58. The van der Waals surface area contributed by atoms with E-state index >= 15 is 0 Å². The van der Waals surface area contributed by atoms with E-state index in [4.69, 9.17) is 16.1 Å². The van der Waals surface area contributed by atoms with Crippen molar-refractivity contribution in [2.45, 2.75) is 37.5 Å². The van der Waals surface area contributed by atoms with Crippen LogP contribution in [0.5, 0.6) is 0 Å². The average molecular weight is 432 g/mol. The molecule has 0 N–H and O–H groups in total. The molecule has 8 heteroatoms. The number of hydrogen-bond acceptors (Lipinski definition) is 5. The molecular formula is C21H22ClN3O3S. The van der Waals surface area contributed by atoms with Crippen LogP contribution in [-0.4, -0.2) is 36.0 Å². The topological polar surface area (TPSA) is 76.3 Å². The maximum atomic E-state index is 13.0. The summed E-state index contributed by atoms with van der Waals surface area (Å²) in [5, 5.41) is 4.59. The standard InChI is InChI=1S/C21H22ClN3O3S/c1-14-6-8-17(9-7-14)21-23-20(24-28-21)16-10-12-25(13-11-16)29(26,27)19-5-3-4-18(22)15(19)2/h3-9,16H,10-13H2,1-2H3. The third-order valence-corrected chi connectivity index (χ3v) is 7.85. The Kier molecular flexibility index (Phi) is 5.46. The molecular weight excluding hydrogens is 410 g/mol. The molecule has 29 heavy (non-hydrogen) atoms. The van der Waals surface area contributed by atoms with Crippen molar-refractivity contribution >= 4 is 21.6 Å². The monoisotopic (exact) mass is 431 g/mol. The first-order chi connectivity index (χ1) is 13.9. The molecule has 4 rings (SSSR count). The second kappa shape index (κ2) is 7.89. The zero-order valence-corrected chi connectivity index (χ0v) is 17.9. The highest BCUT2D eigenvalue weighted by Gasteiger charge is 2.32. The summed E-state index contributed by atoms with van der Waals surface area (Å²) in [4.78, 5) is 4.81. The third-order valence-electron chi connectivity index (χ3n) is 5.40. The van der Waals surface area contributed by atoms with E-state index in [1.807, 2.05) is 31.2 Å². The Morgan fingerprint density at radius 3 is 2.45 bits per heavy atom. The number of hydrogen-bond donors (Lipinski definition) is 0. The van der Waals surface area contributed by atoms with Crippen molar-refractivity contribution in [1.82, 2.24) is 14.4 Å². The molecule has 152 valence electrons. The van der Waals surface area contributed by atoms with E-state index in [2.05, 4.69) is 10.1 Å². The van der Waals surface area contributed by atoms with Crippen LogP contribution in [0, 0.1) is 13.8 Å². The van der Waals surface area contributed by atoms with Crippen LogP contribution in [0.15, 0.2) is 51.9 Å². The Morgan fingerprint density at radius 1 is 1.07 bits per heavy atom. The van der Waals surface area contributed by atoms with Crippen LogP contribution in [0.25, 0.3) is 11.5 Å². The first kappa shape index (κ1) is 20.1. The summed E-state index contributed by atoms with van der Waals surface area (Å²) in [6, 6.07) is 12.9. The van der Waals surface area contributed by atoms with E-state index in [1.165, 1.54) is 4.31 Å². The lowest BCUT2D eigenvalue weighted by Gasteiger charge is -2.30. The molecule has 0 bridgehead atoms. The molecule has 1 aromatic heterocycles. The van der Waals surface area contributed by atoms with Crippen molar-refractivity contribution in [3.8, 4) is 11.5 Å². The molecule has 0 unspecified atom stereocenters. The quantitative estimate of drug-likeness (QED) is 0.604. The van der Waals surface area contributed by atoms with E-state index in [1.54, 1.807) is 25.1 Å². The molecule has 3 aromatic rings. The molecule has 2 heterocycles. The van der Waals surface area contributed by atoms with Gasteiger partial charge in [0.25, 0.3) is 5.89 Å². The molecule has 0 saturated carbocycles. The van der Waals surface area contributed by atoms with Crippen LogP contribution >= 0.6 is 11.6 Å². The fourth-order valence-electron chi connectivity index (χ4n) is 3.57. The molecule has 2 aromatic carbocycles. The van der Waals surface area contributed by atoms with Crippen LogP contribution < -0.4 is 0 Å². The van der Waals surface area contributed by atoms with Crippen LogP contribution in [0.1, 0.15) is 35.7 Å². The smallest absolute Gasteiger partial charge is 0.257 e. The Labute approximate surface area is 175 Å². The van der Waals surface area contributed by atoms with Gasteiger partial charge in [-0.25, -0.2) is 8.42 Å². The second-order valence-corrected chi connectivity index (χ2v) is 9.68. The molecule has 1 fully saturated rings. The Bertz CT molecular complexity index is 1120. The zero-order valence-electron chi connectivity index (χ0n) is 16.3. The van der Waals surface area contributed by atoms with E-state index in [0.29, 0.717) is 48.2 Å². The van der Waals surface area contributed by atoms with Crippen molar-refractivity contribution in [3.05, 3.63) is 64.4 Å². The van der Waals surface area contributed by atoms with Gasteiger partial charge in [-0.3, -0.25) is 0 Å². The van der Waals surface area contributed by atoms with Gasteiger partial charge in [-0.05, 0) is 56.5 Å². The normalized spacial score (nSPS) is 16.2. The third kappa shape index (κ3) is 3.95. The molecule has 0 atom stereocenters. The minimum absolute atomic E-state index is 0.0739. The molecule has 6 nitrogen and oxygen atoms in total. The van der Waals surface area contributed by atoms with Gasteiger partial charge >= 0.3 is 0 Å². The van der Waals surface area contributed by atoms with E-state index in [-0.39, 0.29) is 10.8 Å². The van der Waals surface area contributed by atoms with Crippen LogP contribution in [0.2, 0.25) is 5.02 Å². The largest absolute Gasteiger partial charge is 0.334 e. The number of rotatable bonds is 4. The summed E-state index contributed by atoms with van der Waals surface area (Å²) < 4.78 is 33.0.